The maximum atomic E-state index is 2.71. The quantitative estimate of drug-likeness (QED) is 0.164. The predicted molar refractivity (Wildman–Crippen MR) is 261 cm³/mol. The molecule has 0 radical (unpaired) electrons. The highest BCUT2D eigenvalue weighted by molar-refractivity contribution is 7.00. The maximum absolute atomic E-state index is 2.71. The van der Waals surface area contributed by atoms with Gasteiger partial charge in [-0.3, -0.25) is 0 Å². The summed E-state index contributed by atoms with van der Waals surface area (Å²) < 4.78 is 0. The molecule has 0 saturated carbocycles. The normalized spacial score (nSPS) is 16.3. The summed E-state index contributed by atoms with van der Waals surface area (Å²) in [5.41, 5.74) is 23.2. The summed E-state index contributed by atoms with van der Waals surface area (Å²) in [5.74, 6) is 0. The van der Waals surface area contributed by atoms with E-state index in [9.17, 15) is 0 Å². The van der Waals surface area contributed by atoms with Gasteiger partial charge in [-0.1, -0.05) is 169 Å². The smallest absolute Gasteiger partial charge is 0.252 e. The molecule has 60 heavy (non-hydrogen) atoms. The minimum atomic E-state index is 0.00510. The highest BCUT2D eigenvalue weighted by Gasteiger charge is 2.48. The Bertz CT molecular complexity index is 2660. The van der Waals surface area contributed by atoms with Gasteiger partial charge in [-0.15, -0.1) is 0 Å². The maximum Gasteiger partial charge on any atom is 0.252 e. The first-order chi connectivity index (χ1) is 28.0. The molecular weight excluding hydrogens is 723 g/mol. The van der Waals surface area contributed by atoms with Crippen molar-refractivity contribution in [2.24, 2.45) is 0 Å². The fraction of sp³-hybridized carbons (Fsp3) is 0.368. The Morgan fingerprint density at radius 3 is 1.72 bits per heavy atom. The van der Waals surface area contributed by atoms with Gasteiger partial charge in [-0.2, -0.15) is 0 Å². The summed E-state index contributed by atoms with van der Waals surface area (Å²) in [6.45, 7) is 34.0. The van der Waals surface area contributed by atoms with Crippen LogP contribution < -0.4 is 26.2 Å². The molecular formula is C57H65BN2. The Kier molecular flexibility index (Phi) is 9.08. The molecule has 0 fully saturated rings. The number of aryl methyl sites for hydroxylation is 1. The lowest BCUT2D eigenvalue weighted by molar-refractivity contribution is 0.403. The highest BCUT2D eigenvalue weighted by atomic mass is 15.2. The third-order valence-corrected chi connectivity index (χ3v) is 14.0. The molecule has 6 aromatic carbocycles. The molecule has 2 nitrogen and oxygen atoms in total. The zero-order valence-electron chi connectivity index (χ0n) is 38.9. The van der Waals surface area contributed by atoms with E-state index in [4.69, 9.17) is 0 Å². The van der Waals surface area contributed by atoms with E-state index >= 15 is 0 Å². The lowest BCUT2D eigenvalue weighted by Gasteiger charge is -2.45. The van der Waals surface area contributed by atoms with Crippen molar-refractivity contribution in [2.75, 3.05) is 9.80 Å². The summed E-state index contributed by atoms with van der Waals surface area (Å²) in [5, 5.41) is 0. The van der Waals surface area contributed by atoms with E-state index in [-0.39, 0.29) is 33.8 Å². The minimum Gasteiger partial charge on any atom is -0.338 e. The van der Waals surface area contributed by atoms with Gasteiger partial charge in [-0.25, -0.2) is 0 Å². The largest absolute Gasteiger partial charge is 0.338 e. The van der Waals surface area contributed by atoms with Crippen LogP contribution in [-0.4, -0.2) is 6.71 Å². The third kappa shape index (κ3) is 6.63. The van der Waals surface area contributed by atoms with Gasteiger partial charge in [0.1, 0.15) is 0 Å². The first kappa shape index (κ1) is 40.4. The number of nitrogens with zero attached hydrogens (tertiary/aromatic N) is 2. The summed E-state index contributed by atoms with van der Waals surface area (Å²) in [7, 11) is 0. The first-order valence-corrected chi connectivity index (χ1v) is 22.4. The van der Waals surface area contributed by atoms with Crippen LogP contribution in [0, 0.1) is 6.92 Å². The van der Waals surface area contributed by atoms with E-state index in [0.717, 1.165) is 13.0 Å². The number of fused-ring (bicyclic) bond motifs is 5. The Morgan fingerprint density at radius 2 is 1.08 bits per heavy atom. The standard InChI is InChI=1S/C57H65BN2/c1-36-28-50-52-51(29-36)60(42-25-22-39(23-26-42)53(2,3)4)48-27-24-41(55(8,9)10)31-46(48)58(52)47-32-44-45(57(13,14)35-56(44,11)12)33-49(47)59(50)34-38-20-21-40(54(5,6)7)30-43(38)37-18-16-15-17-19-37/h15-33H,34-35H2,1-14H3. The molecule has 3 aliphatic rings. The Labute approximate surface area is 362 Å². The molecule has 0 amide bonds. The van der Waals surface area contributed by atoms with Crippen LogP contribution in [0.4, 0.5) is 28.4 Å². The van der Waals surface area contributed by atoms with Gasteiger partial charge in [0.15, 0.2) is 0 Å². The molecule has 3 heteroatoms. The molecule has 2 aliphatic heterocycles. The van der Waals surface area contributed by atoms with Gasteiger partial charge in [-0.05, 0) is 143 Å². The fourth-order valence-electron chi connectivity index (χ4n) is 10.9. The van der Waals surface area contributed by atoms with Crippen LogP contribution in [0.3, 0.4) is 0 Å². The lowest BCUT2D eigenvalue weighted by atomic mass is 9.33. The second-order valence-electron chi connectivity index (χ2n) is 22.8. The number of benzene rings is 6. The van der Waals surface area contributed by atoms with Gasteiger partial charge >= 0.3 is 0 Å². The van der Waals surface area contributed by atoms with Crippen LogP contribution in [0.15, 0.2) is 115 Å². The number of anilines is 5. The van der Waals surface area contributed by atoms with Crippen LogP contribution in [0.1, 0.15) is 135 Å². The van der Waals surface area contributed by atoms with E-state index in [1.54, 1.807) is 0 Å². The highest BCUT2D eigenvalue weighted by Crippen LogP contribution is 2.52. The minimum absolute atomic E-state index is 0.00510. The van der Waals surface area contributed by atoms with Crippen molar-refractivity contribution in [1.82, 2.24) is 0 Å². The SMILES string of the molecule is Cc1cc2c3c(c1)N(c1ccc(C(C)(C)C)cc1)c1ccc(C(C)(C)C)cc1B3c1cc3c(cc1N2Cc1ccc(C(C)(C)C)cc1-c1ccccc1)C(C)(C)CC3(C)C. The zero-order valence-corrected chi connectivity index (χ0v) is 38.9. The average molecular weight is 789 g/mol. The van der Waals surface area contributed by atoms with E-state index in [2.05, 4.69) is 222 Å². The van der Waals surface area contributed by atoms with Crippen molar-refractivity contribution in [3.05, 3.63) is 154 Å². The van der Waals surface area contributed by atoms with Crippen LogP contribution in [0.5, 0.6) is 0 Å². The molecule has 0 bridgehead atoms. The lowest BCUT2D eigenvalue weighted by Crippen LogP contribution is -2.62. The molecule has 1 aliphatic carbocycles. The Morgan fingerprint density at radius 1 is 0.533 bits per heavy atom. The van der Waals surface area contributed by atoms with Crippen molar-refractivity contribution in [3.8, 4) is 11.1 Å². The van der Waals surface area contributed by atoms with Gasteiger partial charge in [0.2, 0.25) is 0 Å². The van der Waals surface area contributed by atoms with Gasteiger partial charge < -0.3 is 9.80 Å². The predicted octanol–water partition coefficient (Wildman–Crippen LogP) is 13.5. The third-order valence-electron chi connectivity index (χ3n) is 14.0. The van der Waals surface area contributed by atoms with Crippen LogP contribution >= 0.6 is 0 Å². The van der Waals surface area contributed by atoms with Crippen molar-refractivity contribution >= 4 is 51.5 Å². The topological polar surface area (TPSA) is 6.48 Å². The summed E-state index contributed by atoms with van der Waals surface area (Å²) in [6, 6.07) is 45.3. The molecule has 0 saturated heterocycles. The molecule has 0 N–H and O–H groups in total. The Hall–Kier alpha value is -5.02. The Balaban J connectivity index is 1.35. The van der Waals surface area contributed by atoms with E-state index in [1.165, 1.54) is 94.9 Å². The van der Waals surface area contributed by atoms with E-state index in [1.807, 2.05) is 0 Å². The fourth-order valence-corrected chi connectivity index (χ4v) is 10.9. The van der Waals surface area contributed by atoms with Gasteiger partial charge in [0.25, 0.3) is 6.71 Å². The second-order valence-corrected chi connectivity index (χ2v) is 22.8. The average Bonchev–Trinajstić information content (AvgIpc) is 3.35. The van der Waals surface area contributed by atoms with Crippen molar-refractivity contribution in [2.45, 2.75) is 137 Å². The number of hydrogen-bond acceptors (Lipinski definition) is 2. The molecule has 2 heterocycles. The van der Waals surface area contributed by atoms with Crippen LogP contribution in [0.25, 0.3) is 11.1 Å². The molecule has 0 unspecified atom stereocenters. The molecule has 0 spiro atoms. The van der Waals surface area contributed by atoms with Gasteiger partial charge in [0, 0.05) is 35.0 Å². The molecule has 0 aromatic heterocycles. The summed E-state index contributed by atoms with van der Waals surface area (Å²) in [4.78, 5) is 5.28. The van der Waals surface area contributed by atoms with Gasteiger partial charge in [0.05, 0.1) is 0 Å². The van der Waals surface area contributed by atoms with E-state index < -0.39 is 0 Å². The van der Waals surface area contributed by atoms with Crippen molar-refractivity contribution in [3.63, 3.8) is 0 Å². The first-order valence-electron chi connectivity index (χ1n) is 22.4. The second kappa shape index (κ2) is 13.5. The monoisotopic (exact) mass is 789 g/mol. The van der Waals surface area contributed by atoms with Crippen LogP contribution in [0.2, 0.25) is 0 Å². The number of rotatable bonds is 4. The summed E-state index contributed by atoms with van der Waals surface area (Å²) >= 11 is 0. The van der Waals surface area contributed by atoms with E-state index in [0.29, 0.717) is 0 Å². The molecule has 306 valence electrons. The summed E-state index contributed by atoms with van der Waals surface area (Å²) in [6.07, 6.45) is 1.13. The van der Waals surface area contributed by atoms with Crippen LogP contribution in [-0.2, 0) is 33.6 Å². The molecule has 9 rings (SSSR count). The number of hydrogen-bond donors (Lipinski definition) is 0. The van der Waals surface area contributed by atoms with Crippen molar-refractivity contribution < 1.29 is 0 Å². The molecule has 6 aromatic rings. The molecule has 0 atom stereocenters. The van der Waals surface area contributed by atoms with Crippen molar-refractivity contribution in [1.29, 1.82) is 0 Å². The zero-order chi connectivity index (χ0) is 42.9.